The van der Waals surface area contributed by atoms with E-state index in [2.05, 4.69) is 32.4 Å². The van der Waals surface area contributed by atoms with Crippen molar-refractivity contribution in [3.63, 3.8) is 0 Å². The Morgan fingerprint density at radius 2 is 2.00 bits per heavy atom. The SMILES string of the molecule is CC(CC(=O)N1CCN(c2ccc3nncn3n2)CC1)C1CCNCC1. The number of aromatic nitrogens is 4. The van der Waals surface area contributed by atoms with E-state index in [1.165, 1.54) is 12.8 Å². The largest absolute Gasteiger partial charge is 0.352 e. The van der Waals surface area contributed by atoms with Crippen LogP contribution in [0.25, 0.3) is 5.65 Å². The maximum atomic E-state index is 12.7. The quantitative estimate of drug-likeness (QED) is 0.872. The first-order valence-corrected chi connectivity index (χ1v) is 9.61. The van der Waals surface area contributed by atoms with Crippen molar-refractivity contribution in [2.75, 3.05) is 44.2 Å². The molecule has 2 aliphatic rings. The molecule has 1 N–H and O–H groups in total. The van der Waals surface area contributed by atoms with Crippen LogP contribution in [0.2, 0.25) is 0 Å². The monoisotopic (exact) mass is 357 g/mol. The molecule has 140 valence electrons. The summed E-state index contributed by atoms with van der Waals surface area (Å²) >= 11 is 0. The molecule has 0 saturated carbocycles. The smallest absolute Gasteiger partial charge is 0.222 e. The molecular formula is C18H27N7O. The number of hydrogen-bond acceptors (Lipinski definition) is 6. The minimum Gasteiger partial charge on any atom is -0.352 e. The van der Waals surface area contributed by atoms with Crippen molar-refractivity contribution in [2.24, 2.45) is 11.8 Å². The van der Waals surface area contributed by atoms with Crippen molar-refractivity contribution in [1.29, 1.82) is 0 Å². The van der Waals surface area contributed by atoms with Crippen molar-refractivity contribution in [1.82, 2.24) is 30.0 Å². The molecule has 0 spiro atoms. The van der Waals surface area contributed by atoms with Crippen LogP contribution in [0, 0.1) is 11.8 Å². The summed E-state index contributed by atoms with van der Waals surface area (Å²) in [6.07, 6.45) is 4.68. The van der Waals surface area contributed by atoms with E-state index >= 15 is 0 Å². The molecule has 2 fully saturated rings. The molecule has 1 atom stereocenters. The predicted octanol–water partition coefficient (Wildman–Crippen LogP) is 0.799. The highest BCUT2D eigenvalue weighted by atomic mass is 16.2. The summed E-state index contributed by atoms with van der Waals surface area (Å²) in [6.45, 7) is 7.57. The fourth-order valence-corrected chi connectivity index (χ4v) is 4.06. The number of carbonyl (C=O) groups is 1. The average Bonchev–Trinajstić information content (AvgIpc) is 3.16. The Kier molecular flexibility index (Phi) is 5.01. The van der Waals surface area contributed by atoms with E-state index in [0.717, 1.165) is 50.7 Å². The molecule has 4 rings (SSSR count). The Hall–Kier alpha value is -2.22. The molecule has 2 aromatic rings. The molecule has 8 nitrogen and oxygen atoms in total. The molecule has 1 unspecified atom stereocenters. The van der Waals surface area contributed by atoms with Crippen LogP contribution in [0.1, 0.15) is 26.2 Å². The lowest BCUT2D eigenvalue weighted by Gasteiger charge is -2.36. The zero-order valence-corrected chi connectivity index (χ0v) is 15.3. The topological polar surface area (TPSA) is 78.7 Å². The summed E-state index contributed by atoms with van der Waals surface area (Å²) in [5.74, 6) is 2.37. The molecule has 26 heavy (non-hydrogen) atoms. The van der Waals surface area contributed by atoms with Crippen LogP contribution < -0.4 is 10.2 Å². The summed E-state index contributed by atoms with van der Waals surface area (Å²) < 4.78 is 1.69. The number of amides is 1. The second-order valence-corrected chi connectivity index (χ2v) is 7.46. The number of piperazine rings is 1. The van der Waals surface area contributed by atoms with Crippen LogP contribution >= 0.6 is 0 Å². The fraction of sp³-hybridized carbons (Fsp3) is 0.667. The maximum absolute atomic E-state index is 12.7. The van der Waals surface area contributed by atoms with Gasteiger partial charge in [-0.25, -0.2) is 0 Å². The molecule has 0 radical (unpaired) electrons. The van der Waals surface area contributed by atoms with Gasteiger partial charge in [-0.3, -0.25) is 4.79 Å². The van der Waals surface area contributed by atoms with Gasteiger partial charge in [0.25, 0.3) is 0 Å². The Morgan fingerprint density at radius 1 is 1.23 bits per heavy atom. The lowest BCUT2D eigenvalue weighted by atomic mass is 9.84. The van der Waals surface area contributed by atoms with Gasteiger partial charge in [-0.05, 0) is 49.9 Å². The Bertz CT molecular complexity index is 747. The number of fused-ring (bicyclic) bond motifs is 1. The summed E-state index contributed by atoms with van der Waals surface area (Å²) in [5.41, 5.74) is 0.745. The molecule has 2 saturated heterocycles. The average molecular weight is 357 g/mol. The second kappa shape index (κ2) is 7.57. The Morgan fingerprint density at radius 3 is 2.77 bits per heavy atom. The van der Waals surface area contributed by atoms with Gasteiger partial charge in [-0.1, -0.05) is 6.92 Å². The molecule has 0 aromatic carbocycles. The van der Waals surface area contributed by atoms with E-state index in [4.69, 9.17) is 0 Å². The number of hydrogen-bond donors (Lipinski definition) is 1. The third-order valence-corrected chi connectivity index (χ3v) is 5.79. The van der Waals surface area contributed by atoms with Crippen LogP contribution in [0.15, 0.2) is 18.5 Å². The van der Waals surface area contributed by atoms with Gasteiger partial charge in [0.2, 0.25) is 5.91 Å². The normalized spacial score (nSPS) is 20.5. The predicted molar refractivity (Wildman–Crippen MR) is 98.9 cm³/mol. The van der Waals surface area contributed by atoms with Gasteiger partial charge in [-0.2, -0.15) is 4.52 Å². The van der Waals surface area contributed by atoms with E-state index in [-0.39, 0.29) is 0 Å². The van der Waals surface area contributed by atoms with E-state index in [1.54, 1.807) is 10.8 Å². The summed E-state index contributed by atoms with van der Waals surface area (Å²) in [4.78, 5) is 16.9. The number of piperidine rings is 1. The lowest BCUT2D eigenvalue weighted by molar-refractivity contribution is -0.132. The number of rotatable bonds is 4. The van der Waals surface area contributed by atoms with Gasteiger partial charge < -0.3 is 15.1 Å². The number of carbonyl (C=O) groups excluding carboxylic acids is 1. The molecule has 1 amide bonds. The Labute approximate surface area is 153 Å². The van der Waals surface area contributed by atoms with Crippen molar-refractivity contribution in [2.45, 2.75) is 26.2 Å². The van der Waals surface area contributed by atoms with Gasteiger partial charge in [0.05, 0.1) is 0 Å². The molecule has 0 aliphatic carbocycles. The summed E-state index contributed by atoms with van der Waals surface area (Å²) in [7, 11) is 0. The molecule has 0 bridgehead atoms. The first-order chi connectivity index (χ1) is 12.7. The Balaban J connectivity index is 1.30. The minimum atomic E-state index is 0.304. The highest BCUT2D eigenvalue weighted by Crippen LogP contribution is 2.25. The minimum absolute atomic E-state index is 0.304. The number of nitrogens with zero attached hydrogens (tertiary/aromatic N) is 6. The zero-order chi connectivity index (χ0) is 17.9. The van der Waals surface area contributed by atoms with Crippen molar-refractivity contribution < 1.29 is 4.79 Å². The lowest BCUT2D eigenvalue weighted by Crippen LogP contribution is -2.49. The maximum Gasteiger partial charge on any atom is 0.222 e. The fourth-order valence-electron chi connectivity index (χ4n) is 4.06. The zero-order valence-electron chi connectivity index (χ0n) is 15.3. The molecular weight excluding hydrogens is 330 g/mol. The van der Waals surface area contributed by atoms with Gasteiger partial charge >= 0.3 is 0 Å². The van der Waals surface area contributed by atoms with Gasteiger partial charge in [-0.15, -0.1) is 15.3 Å². The van der Waals surface area contributed by atoms with E-state index in [9.17, 15) is 4.79 Å². The van der Waals surface area contributed by atoms with E-state index in [1.807, 2.05) is 17.0 Å². The van der Waals surface area contributed by atoms with E-state index < -0.39 is 0 Å². The second-order valence-electron chi connectivity index (χ2n) is 7.46. The highest BCUT2D eigenvalue weighted by molar-refractivity contribution is 5.76. The van der Waals surface area contributed by atoms with Crippen LogP contribution in [-0.4, -0.2) is 69.9 Å². The van der Waals surface area contributed by atoms with Gasteiger partial charge in [0.1, 0.15) is 12.1 Å². The van der Waals surface area contributed by atoms with Crippen LogP contribution in [-0.2, 0) is 4.79 Å². The van der Waals surface area contributed by atoms with E-state index in [0.29, 0.717) is 24.2 Å². The summed E-state index contributed by atoms with van der Waals surface area (Å²) in [6, 6.07) is 3.90. The van der Waals surface area contributed by atoms with Crippen molar-refractivity contribution >= 4 is 17.4 Å². The summed E-state index contributed by atoms with van der Waals surface area (Å²) in [5, 5.41) is 15.8. The highest BCUT2D eigenvalue weighted by Gasteiger charge is 2.26. The molecule has 8 heteroatoms. The van der Waals surface area contributed by atoms with Crippen LogP contribution in [0.4, 0.5) is 5.82 Å². The first-order valence-electron chi connectivity index (χ1n) is 9.61. The van der Waals surface area contributed by atoms with Gasteiger partial charge in [0, 0.05) is 32.6 Å². The number of nitrogens with one attached hydrogen (secondary N) is 1. The first kappa shape index (κ1) is 17.2. The van der Waals surface area contributed by atoms with Crippen LogP contribution in [0.3, 0.4) is 0 Å². The standard InChI is InChI=1S/C18H27N7O/c1-14(15-4-6-19-7-5-15)12-18(26)24-10-8-23(9-11-24)17-3-2-16-21-20-13-25(16)22-17/h2-3,13-15,19H,4-12H2,1H3. The van der Waals surface area contributed by atoms with Crippen LogP contribution in [0.5, 0.6) is 0 Å². The van der Waals surface area contributed by atoms with Crippen molar-refractivity contribution in [3.8, 4) is 0 Å². The molecule has 4 heterocycles. The third kappa shape index (κ3) is 3.65. The third-order valence-electron chi connectivity index (χ3n) is 5.79. The molecule has 2 aliphatic heterocycles. The van der Waals surface area contributed by atoms with Crippen molar-refractivity contribution in [3.05, 3.63) is 18.5 Å². The molecule has 2 aromatic heterocycles. The number of anilines is 1. The van der Waals surface area contributed by atoms with Gasteiger partial charge in [0.15, 0.2) is 5.65 Å².